The van der Waals surface area contributed by atoms with Crippen LogP contribution in [0.4, 0.5) is 5.69 Å². The molecule has 0 aliphatic rings. The second kappa shape index (κ2) is 5.68. The molecule has 1 rings (SSSR count). The number of carbonyl (C=O) groups is 2. The predicted octanol–water partition coefficient (Wildman–Crippen LogP) is 2.42. The number of hydrogen-bond acceptors (Lipinski definition) is 2. The highest BCUT2D eigenvalue weighted by atomic mass is 35.5. The van der Waals surface area contributed by atoms with Gasteiger partial charge in [-0.3, -0.25) is 9.59 Å². The van der Waals surface area contributed by atoms with Gasteiger partial charge in [-0.2, -0.15) is 0 Å². The predicted molar refractivity (Wildman–Crippen MR) is 68.1 cm³/mol. The smallest absolute Gasteiger partial charge is 0.250 e. The van der Waals surface area contributed by atoms with E-state index in [1.165, 1.54) is 12.1 Å². The molecular formula is C12H15ClN2O2. The van der Waals surface area contributed by atoms with Crippen LogP contribution in [0, 0.1) is 5.92 Å². The summed E-state index contributed by atoms with van der Waals surface area (Å²) >= 11 is 5.81. The summed E-state index contributed by atoms with van der Waals surface area (Å²) in [5.74, 6) is -0.881. The first-order chi connectivity index (χ1) is 7.95. The molecule has 1 unspecified atom stereocenters. The van der Waals surface area contributed by atoms with Crippen molar-refractivity contribution in [1.29, 1.82) is 0 Å². The lowest BCUT2D eigenvalue weighted by Gasteiger charge is -2.12. The van der Waals surface area contributed by atoms with E-state index < -0.39 is 5.91 Å². The highest BCUT2D eigenvalue weighted by Gasteiger charge is 2.15. The van der Waals surface area contributed by atoms with Crippen molar-refractivity contribution < 1.29 is 9.59 Å². The first-order valence-electron chi connectivity index (χ1n) is 5.36. The second-order valence-electron chi connectivity index (χ2n) is 3.85. The van der Waals surface area contributed by atoms with E-state index >= 15 is 0 Å². The number of halogens is 1. The van der Waals surface area contributed by atoms with Crippen LogP contribution in [0.15, 0.2) is 18.2 Å². The van der Waals surface area contributed by atoms with Crippen molar-refractivity contribution in [2.24, 2.45) is 11.7 Å². The molecule has 1 aromatic rings. The first-order valence-corrected chi connectivity index (χ1v) is 5.73. The number of primary amides is 1. The van der Waals surface area contributed by atoms with Gasteiger partial charge in [-0.05, 0) is 24.6 Å². The molecule has 0 spiro atoms. The van der Waals surface area contributed by atoms with E-state index in [1.54, 1.807) is 6.07 Å². The number of anilines is 1. The third-order valence-electron chi connectivity index (χ3n) is 2.56. The van der Waals surface area contributed by atoms with Gasteiger partial charge in [-0.1, -0.05) is 25.4 Å². The fourth-order valence-electron chi connectivity index (χ4n) is 1.28. The van der Waals surface area contributed by atoms with Gasteiger partial charge in [0.1, 0.15) is 0 Å². The minimum absolute atomic E-state index is 0.130. The molecule has 1 atom stereocenters. The van der Waals surface area contributed by atoms with Gasteiger partial charge in [0.25, 0.3) is 5.91 Å². The quantitative estimate of drug-likeness (QED) is 0.866. The molecule has 0 aliphatic carbocycles. The molecule has 17 heavy (non-hydrogen) atoms. The molecule has 92 valence electrons. The molecule has 5 heteroatoms. The van der Waals surface area contributed by atoms with E-state index in [0.717, 1.165) is 6.42 Å². The number of rotatable bonds is 4. The summed E-state index contributed by atoms with van der Waals surface area (Å²) in [6, 6.07) is 4.57. The minimum Gasteiger partial charge on any atom is -0.366 e. The maximum Gasteiger partial charge on any atom is 0.250 e. The van der Waals surface area contributed by atoms with Crippen LogP contribution in [-0.2, 0) is 4.79 Å². The molecule has 3 N–H and O–H groups in total. The first kappa shape index (κ1) is 13.5. The summed E-state index contributed by atoms with van der Waals surface area (Å²) in [7, 11) is 0. The Hall–Kier alpha value is -1.55. The molecule has 0 aliphatic heterocycles. The molecule has 0 radical (unpaired) electrons. The number of benzene rings is 1. The molecule has 4 nitrogen and oxygen atoms in total. The van der Waals surface area contributed by atoms with E-state index in [-0.39, 0.29) is 17.4 Å². The highest BCUT2D eigenvalue weighted by Crippen LogP contribution is 2.21. The molecule has 1 aromatic carbocycles. The van der Waals surface area contributed by atoms with E-state index in [9.17, 15) is 9.59 Å². The van der Waals surface area contributed by atoms with Gasteiger partial charge >= 0.3 is 0 Å². The van der Waals surface area contributed by atoms with E-state index in [1.807, 2.05) is 13.8 Å². The van der Waals surface area contributed by atoms with E-state index in [0.29, 0.717) is 10.7 Å². The van der Waals surface area contributed by atoms with Gasteiger partial charge in [0, 0.05) is 10.9 Å². The lowest BCUT2D eigenvalue weighted by atomic mass is 10.1. The Kier molecular flexibility index (Phi) is 4.52. The zero-order chi connectivity index (χ0) is 13.0. The lowest BCUT2D eigenvalue weighted by Crippen LogP contribution is -2.22. The standard InChI is InChI=1S/C12H15ClN2O2/c1-3-7(2)12(17)15-10-6-8(13)4-5-9(10)11(14)16/h4-7H,3H2,1-2H3,(H2,14,16)(H,15,17). The average Bonchev–Trinajstić information content (AvgIpc) is 2.27. The monoisotopic (exact) mass is 254 g/mol. The van der Waals surface area contributed by atoms with Crippen molar-refractivity contribution in [2.45, 2.75) is 20.3 Å². The van der Waals surface area contributed by atoms with Crippen LogP contribution < -0.4 is 11.1 Å². The van der Waals surface area contributed by atoms with Crippen LogP contribution in [0.3, 0.4) is 0 Å². The van der Waals surface area contributed by atoms with Crippen LogP contribution in [0.2, 0.25) is 5.02 Å². The Morgan fingerprint density at radius 2 is 2.12 bits per heavy atom. The van der Waals surface area contributed by atoms with Crippen molar-refractivity contribution in [1.82, 2.24) is 0 Å². The molecule has 0 aromatic heterocycles. The fourth-order valence-corrected chi connectivity index (χ4v) is 1.45. The summed E-state index contributed by atoms with van der Waals surface area (Å²) in [5.41, 5.74) is 5.83. The summed E-state index contributed by atoms with van der Waals surface area (Å²) < 4.78 is 0. The number of amides is 2. The van der Waals surface area contributed by atoms with Gasteiger partial charge in [0.15, 0.2) is 0 Å². The zero-order valence-electron chi connectivity index (χ0n) is 9.79. The Labute approximate surface area is 105 Å². The van der Waals surface area contributed by atoms with Gasteiger partial charge in [0.2, 0.25) is 5.91 Å². The van der Waals surface area contributed by atoms with Crippen molar-refractivity contribution in [3.8, 4) is 0 Å². The average molecular weight is 255 g/mol. The Bertz CT molecular complexity index is 446. The maximum absolute atomic E-state index is 11.7. The van der Waals surface area contributed by atoms with Gasteiger partial charge in [-0.15, -0.1) is 0 Å². The van der Waals surface area contributed by atoms with Crippen LogP contribution in [0.25, 0.3) is 0 Å². The van der Waals surface area contributed by atoms with Crippen LogP contribution >= 0.6 is 11.6 Å². The summed E-state index contributed by atoms with van der Waals surface area (Å²) in [6.07, 6.45) is 0.721. The van der Waals surface area contributed by atoms with Gasteiger partial charge < -0.3 is 11.1 Å². The normalized spacial score (nSPS) is 11.9. The fraction of sp³-hybridized carbons (Fsp3) is 0.333. The Morgan fingerprint density at radius 3 is 2.65 bits per heavy atom. The maximum atomic E-state index is 11.7. The lowest BCUT2D eigenvalue weighted by molar-refractivity contribution is -0.119. The molecule has 2 amide bonds. The molecule has 0 saturated heterocycles. The number of carbonyl (C=O) groups excluding carboxylic acids is 2. The zero-order valence-corrected chi connectivity index (χ0v) is 10.5. The number of nitrogens with one attached hydrogen (secondary N) is 1. The summed E-state index contributed by atoms with van der Waals surface area (Å²) in [6.45, 7) is 3.72. The van der Waals surface area contributed by atoms with Crippen LogP contribution in [0.1, 0.15) is 30.6 Å². The molecule has 0 fully saturated rings. The molecular weight excluding hydrogens is 240 g/mol. The van der Waals surface area contributed by atoms with Crippen molar-refractivity contribution in [3.05, 3.63) is 28.8 Å². The van der Waals surface area contributed by atoms with Crippen LogP contribution in [-0.4, -0.2) is 11.8 Å². The van der Waals surface area contributed by atoms with Crippen molar-refractivity contribution in [3.63, 3.8) is 0 Å². The number of hydrogen-bond donors (Lipinski definition) is 2. The second-order valence-corrected chi connectivity index (χ2v) is 4.29. The third-order valence-corrected chi connectivity index (χ3v) is 2.80. The largest absolute Gasteiger partial charge is 0.366 e. The van der Waals surface area contributed by atoms with E-state index in [4.69, 9.17) is 17.3 Å². The Morgan fingerprint density at radius 1 is 1.47 bits per heavy atom. The SMILES string of the molecule is CCC(C)C(=O)Nc1cc(Cl)ccc1C(N)=O. The summed E-state index contributed by atoms with van der Waals surface area (Å²) in [4.78, 5) is 22.9. The van der Waals surface area contributed by atoms with Gasteiger partial charge in [0.05, 0.1) is 11.3 Å². The van der Waals surface area contributed by atoms with E-state index in [2.05, 4.69) is 5.32 Å². The summed E-state index contributed by atoms with van der Waals surface area (Å²) in [5, 5.41) is 3.10. The van der Waals surface area contributed by atoms with Crippen LogP contribution in [0.5, 0.6) is 0 Å². The Balaban J connectivity index is 3.00. The van der Waals surface area contributed by atoms with Crippen molar-refractivity contribution in [2.75, 3.05) is 5.32 Å². The minimum atomic E-state index is -0.596. The third kappa shape index (κ3) is 3.46. The van der Waals surface area contributed by atoms with Gasteiger partial charge in [-0.25, -0.2) is 0 Å². The number of nitrogens with two attached hydrogens (primary N) is 1. The molecule has 0 bridgehead atoms. The molecule has 0 heterocycles. The van der Waals surface area contributed by atoms with Crippen molar-refractivity contribution >= 4 is 29.1 Å². The molecule has 0 saturated carbocycles. The topological polar surface area (TPSA) is 72.2 Å². The highest BCUT2D eigenvalue weighted by molar-refractivity contribution is 6.31.